The number of methoxy groups -OCH3 is 1. The van der Waals surface area contributed by atoms with Gasteiger partial charge < -0.3 is 14.8 Å². The van der Waals surface area contributed by atoms with Gasteiger partial charge in [0.1, 0.15) is 23.1 Å². The summed E-state index contributed by atoms with van der Waals surface area (Å²) in [5.41, 5.74) is 2.45. The molecule has 0 aliphatic rings. The molecule has 3 rings (SSSR count). The normalized spacial score (nSPS) is 11.0. The van der Waals surface area contributed by atoms with Gasteiger partial charge in [0, 0.05) is 17.9 Å². The summed E-state index contributed by atoms with van der Waals surface area (Å²) in [6, 6.07) is 16.8. The predicted octanol–water partition coefficient (Wildman–Crippen LogP) is 4.04. The molecule has 0 fully saturated rings. The lowest BCUT2D eigenvalue weighted by atomic mass is 10.2. The maximum absolute atomic E-state index is 12.5. The molecule has 0 aliphatic heterocycles. The first-order valence-electron chi connectivity index (χ1n) is 8.85. The van der Waals surface area contributed by atoms with Crippen molar-refractivity contribution in [2.45, 2.75) is 13.5 Å². The first kappa shape index (κ1) is 20.3. The number of hydrogen-bond donors (Lipinski definition) is 1. The molecular weight excluding hydrogens is 388 g/mol. The van der Waals surface area contributed by atoms with Crippen LogP contribution in [0.3, 0.4) is 0 Å². The lowest BCUT2D eigenvalue weighted by Crippen LogP contribution is -2.26. The molecule has 1 heterocycles. The Morgan fingerprint density at radius 1 is 1.10 bits per heavy atom. The molecular formula is C22H20N2O4S. The van der Waals surface area contributed by atoms with Crippen molar-refractivity contribution in [1.29, 1.82) is 0 Å². The van der Waals surface area contributed by atoms with E-state index in [0.717, 1.165) is 21.9 Å². The predicted molar refractivity (Wildman–Crippen MR) is 112 cm³/mol. The molecule has 6 nitrogen and oxygen atoms in total. The molecule has 1 N–H and O–H groups in total. The molecule has 0 radical (unpaired) electrons. The van der Waals surface area contributed by atoms with E-state index in [1.807, 2.05) is 60.0 Å². The van der Waals surface area contributed by atoms with Crippen LogP contribution in [0.5, 0.6) is 5.75 Å². The van der Waals surface area contributed by atoms with E-state index in [9.17, 15) is 9.59 Å². The van der Waals surface area contributed by atoms with Crippen molar-refractivity contribution in [2.24, 2.45) is 0 Å². The van der Waals surface area contributed by atoms with Gasteiger partial charge in [-0.15, -0.1) is 11.3 Å². The Morgan fingerprint density at radius 3 is 2.48 bits per heavy atom. The summed E-state index contributed by atoms with van der Waals surface area (Å²) in [4.78, 5) is 28.4. The average molecular weight is 408 g/mol. The summed E-state index contributed by atoms with van der Waals surface area (Å²) in [6.07, 6.45) is 1.58. The van der Waals surface area contributed by atoms with Crippen molar-refractivity contribution < 1.29 is 19.1 Å². The summed E-state index contributed by atoms with van der Waals surface area (Å²) in [7, 11) is 1.62. The van der Waals surface area contributed by atoms with E-state index in [1.165, 1.54) is 18.3 Å². The number of hydrogen-bond acceptors (Lipinski definition) is 6. The first-order chi connectivity index (χ1) is 14.0. The van der Waals surface area contributed by atoms with Crippen LogP contribution in [0.2, 0.25) is 0 Å². The molecule has 1 aromatic heterocycles. The van der Waals surface area contributed by atoms with Gasteiger partial charge in [0.05, 0.1) is 12.8 Å². The molecule has 0 spiro atoms. The number of amides is 1. The number of thiazole rings is 1. The Bertz CT molecular complexity index is 1010. The lowest BCUT2D eigenvalue weighted by molar-refractivity contribution is -0.141. The highest BCUT2D eigenvalue weighted by molar-refractivity contribution is 7.13. The Labute approximate surface area is 172 Å². The van der Waals surface area contributed by atoms with Gasteiger partial charge in [0.25, 0.3) is 0 Å². The van der Waals surface area contributed by atoms with Crippen molar-refractivity contribution in [3.05, 3.63) is 76.9 Å². The van der Waals surface area contributed by atoms with Crippen LogP contribution in [0.4, 0.5) is 0 Å². The minimum absolute atomic E-state index is 0.0111. The number of aromatic nitrogens is 1. The van der Waals surface area contributed by atoms with Crippen LogP contribution in [0, 0.1) is 0 Å². The van der Waals surface area contributed by atoms with Gasteiger partial charge in [-0.3, -0.25) is 4.79 Å². The minimum Gasteiger partial charge on any atom is -0.497 e. The zero-order valence-corrected chi connectivity index (χ0v) is 16.9. The molecule has 29 heavy (non-hydrogen) atoms. The van der Waals surface area contributed by atoms with Crippen LogP contribution in [-0.4, -0.2) is 24.0 Å². The lowest BCUT2D eigenvalue weighted by Gasteiger charge is -2.08. The van der Waals surface area contributed by atoms with Gasteiger partial charge in [-0.25, -0.2) is 9.78 Å². The second-order valence-electron chi connectivity index (χ2n) is 6.10. The largest absolute Gasteiger partial charge is 0.497 e. The highest BCUT2D eigenvalue weighted by Crippen LogP contribution is 2.26. The average Bonchev–Trinajstić information content (AvgIpc) is 3.21. The third kappa shape index (κ3) is 5.76. The third-order valence-electron chi connectivity index (χ3n) is 3.88. The van der Waals surface area contributed by atoms with Crippen molar-refractivity contribution in [2.75, 3.05) is 7.11 Å². The maximum Gasteiger partial charge on any atom is 0.355 e. The van der Waals surface area contributed by atoms with E-state index in [4.69, 9.17) is 9.47 Å². The minimum atomic E-state index is -0.622. The molecule has 0 aliphatic carbocycles. The molecule has 3 aromatic rings. The van der Waals surface area contributed by atoms with Crippen LogP contribution < -0.4 is 10.1 Å². The van der Waals surface area contributed by atoms with Crippen LogP contribution in [-0.2, 0) is 20.9 Å². The van der Waals surface area contributed by atoms with E-state index >= 15 is 0 Å². The smallest absolute Gasteiger partial charge is 0.355 e. The van der Waals surface area contributed by atoms with E-state index in [1.54, 1.807) is 13.2 Å². The van der Waals surface area contributed by atoms with Crippen molar-refractivity contribution in [3.8, 4) is 16.3 Å². The number of nitrogens with zero attached hydrogens (tertiary/aromatic N) is 1. The second kappa shape index (κ2) is 9.66. The summed E-state index contributed by atoms with van der Waals surface area (Å²) < 4.78 is 10.5. The monoisotopic (exact) mass is 408 g/mol. The van der Waals surface area contributed by atoms with Crippen molar-refractivity contribution in [3.63, 3.8) is 0 Å². The number of ether oxygens (including phenoxy) is 2. The fraction of sp³-hybridized carbons (Fsp3) is 0.136. The number of esters is 1. The Kier molecular flexibility index (Phi) is 6.76. The molecule has 7 heteroatoms. The van der Waals surface area contributed by atoms with Gasteiger partial charge in [-0.05, 0) is 35.9 Å². The summed E-state index contributed by atoms with van der Waals surface area (Å²) in [5.74, 6) is -0.196. The molecule has 2 aromatic carbocycles. The molecule has 0 bridgehead atoms. The number of nitrogens with one attached hydrogen (secondary N) is 1. The van der Waals surface area contributed by atoms with Gasteiger partial charge in [0.15, 0.2) is 0 Å². The molecule has 0 unspecified atom stereocenters. The zero-order chi connectivity index (χ0) is 20.6. The number of carbonyl (C=O) groups is 2. The Hall–Kier alpha value is -3.45. The van der Waals surface area contributed by atoms with Gasteiger partial charge in [-0.2, -0.15) is 0 Å². The topological polar surface area (TPSA) is 77.5 Å². The Morgan fingerprint density at radius 2 is 1.83 bits per heavy atom. The zero-order valence-electron chi connectivity index (χ0n) is 16.0. The third-order valence-corrected chi connectivity index (χ3v) is 4.82. The molecule has 1 amide bonds. The fourth-order valence-corrected chi connectivity index (χ4v) is 3.32. The Balaban J connectivity index is 1.67. The van der Waals surface area contributed by atoms with Gasteiger partial charge >= 0.3 is 5.97 Å². The number of rotatable bonds is 7. The van der Waals surface area contributed by atoms with E-state index in [2.05, 4.69) is 10.3 Å². The quantitative estimate of drug-likeness (QED) is 0.472. The van der Waals surface area contributed by atoms with E-state index in [-0.39, 0.29) is 18.2 Å². The van der Waals surface area contributed by atoms with Crippen molar-refractivity contribution >= 4 is 29.3 Å². The standard InChI is InChI=1S/C22H20N2O4S/c1-15(25)23-20(12-16-6-4-3-5-7-16)22(26)28-13-18-14-29-21(24-18)17-8-10-19(27-2)11-9-17/h3-12,14H,13H2,1-2H3,(H,23,25)/b20-12-. The first-order valence-corrected chi connectivity index (χ1v) is 9.73. The second-order valence-corrected chi connectivity index (χ2v) is 6.96. The molecule has 0 atom stereocenters. The highest BCUT2D eigenvalue weighted by atomic mass is 32.1. The van der Waals surface area contributed by atoms with Crippen LogP contribution in [0.25, 0.3) is 16.6 Å². The molecule has 148 valence electrons. The number of carbonyl (C=O) groups excluding carboxylic acids is 2. The maximum atomic E-state index is 12.5. The van der Waals surface area contributed by atoms with Crippen LogP contribution >= 0.6 is 11.3 Å². The van der Waals surface area contributed by atoms with Gasteiger partial charge in [0.2, 0.25) is 5.91 Å². The van der Waals surface area contributed by atoms with Crippen molar-refractivity contribution in [1.82, 2.24) is 10.3 Å². The summed E-state index contributed by atoms with van der Waals surface area (Å²) in [6.45, 7) is 1.35. The van der Waals surface area contributed by atoms with Crippen LogP contribution in [0.1, 0.15) is 18.2 Å². The molecule has 0 saturated heterocycles. The van der Waals surface area contributed by atoms with Gasteiger partial charge in [-0.1, -0.05) is 30.3 Å². The summed E-state index contributed by atoms with van der Waals surface area (Å²) in [5, 5.41) is 5.18. The van der Waals surface area contributed by atoms with E-state index in [0.29, 0.717) is 5.69 Å². The molecule has 0 saturated carbocycles. The SMILES string of the molecule is COc1ccc(-c2nc(COC(=O)/C(=C/c3ccccc3)NC(C)=O)cs2)cc1. The highest BCUT2D eigenvalue weighted by Gasteiger charge is 2.14. The van der Waals surface area contributed by atoms with E-state index < -0.39 is 5.97 Å². The summed E-state index contributed by atoms with van der Waals surface area (Å²) >= 11 is 1.46. The van der Waals surface area contributed by atoms with Crippen LogP contribution in [0.15, 0.2) is 65.7 Å². The number of benzene rings is 2. The fourth-order valence-electron chi connectivity index (χ4n) is 2.51.